The summed E-state index contributed by atoms with van der Waals surface area (Å²) in [5, 5.41) is 0.0329. The van der Waals surface area contributed by atoms with Crippen LogP contribution in [0.5, 0.6) is 0 Å². The van der Waals surface area contributed by atoms with Crippen LogP contribution in [-0.2, 0) is 6.54 Å². The van der Waals surface area contributed by atoms with Gasteiger partial charge in [-0.05, 0) is 41.4 Å². The van der Waals surface area contributed by atoms with Crippen LogP contribution < -0.4 is 5.69 Å². The van der Waals surface area contributed by atoms with E-state index in [2.05, 4.69) is 20.9 Å². The van der Waals surface area contributed by atoms with Gasteiger partial charge in [-0.25, -0.2) is 9.18 Å². The Morgan fingerprint density at radius 3 is 2.79 bits per heavy atom. The molecule has 0 unspecified atom stereocenters. The van der Waals surface area contributed by atoms with Crippen molar-refractivity contribution in [3.63, 3.8) is 0 Å². The zero-order valence-corrected chi connectivity index (χ0v) is 12.7. The molecular formula is C13H11BrClFN2O. The molecule has 1 aromatic carbocycles. The molecule has 0 aliphatic carbocycles. The summed E-state index contributed by atoms with van der Waals surface area (Å²) in [4.78, 5) is 15.8. The van der Waals surface area contributed by atoms with Crippen molar-refractivity contribution in [1.29, 1.82) is 0 Å². The van der Waals surface area contributed by atoms with Crippen molar-refractivity contribution in [3.8, 4) is 0 Å². The molecule has 2 aromatic rings. The first-order valence-electron chi connectivity index (χ1n) is 5.58. The van der Waals surface area contributed by atoms with E-state index in [0.717, 1.165) is 10.2 Å². The van der Waals surface area contributed by atoms with Gasteiger partial charge in [0.2, 0.25) is 0 Å². The summed E-state index contributed by atoms with van der Waals surface area (Å²) >= 11 is 9.28. The second-order valence-corrected chi connectivity index (χ2v) is 5.35. The summed E-state index contributed by atoms with van der Waals surface area (Å²) in [7, 11) is 0. The van der Waals surface area contributed by atoms with Gasteiger partial charge in [0.15, 0.2) is 0 Å². The summed E-state index contributed by atoms with van der Waals surface area (Å²) in [5.41, 5.74) is 1.53. The van der Waals surface area contributed by atoms with Gasteiger partial charge in [-0.3, -0.25) is 4.57 Å². The number of aromatic nitrogens is 2. The number of halogens is 3. The Morgan fingerprint density at radius 2 is 2.11 bits per heavy atom. The average Bonchev–Trinajstić information content (AvgIpc) is 2.37. The second kappa shape index (κ2) is 5.43. The summed E-state index contributed by atoms with van der Waals surface area (Å²) in [6.07, 6.45) is 0. The fraction of sp³-hybridized carbons (Fsp3) is 0.231. The smallest absolute Gasteiger partial charge is 0.291 e. The molecule has 1 aromatic heterocycles. The minimum absolute atomic E-state index is 0.0329. The van der Waals surface area contributed by atoms with Crippen LogP contribution in [0.2, 0.25) is 5.02 Å². The zero-order chi connectivity index (χ0) is 14.2. The largest absolute Gasteiger partial charge is 0.348 e. The highest BCUT2D eigenvalue weighted by Crippen LogP contribution is 2.22. The molecule has 3 nitrogen and oxygen atoms in total. The van der Waals surface area contributed by atoms with E-state index in [0.29, 0.717) is 11.3 Å². The minimum atomic E-state index is -0.496. The number of hydrogen-bond acceptors (Lipinski definition) is 2. The Morgan fingerprint density at radius 1 is 1.42 bits per heavy atom. The molecule has 0 atom stereocenters. The maximum atomic E-state index is 13.4. The van der Waals surface area contributed by atoms with Crippen LogP contribution in [0, 0.1) is 19.7 Å². The van der Waals surface area contributed by atoms with Crippen LogP contribution in [0.1, 0.15) is 17.0 Å². The number of benzene rings is 1. The highest BCUT2D eigenvalue weighted by Gasteiger charge is 2.12. The van der Waals surface area contributed by atoms with E-state index in [4.69, 9.17) is 11.6 Å². The van der Waals surface area contributed by atoms with Crippen molar-refractivity contribution in [2.45, 2.75) is 20.4 Å². The van der Waals surface area contributed by atoms with Crippen molar-refractivity contribution in [2.75, 3.05) is 0 Å². The molecule has 0 amide bonds. The van der Waals surface area contributed by atoms with Crippen molar-refractivity contribution in [1.82, 2.24) is 9.55 Å². The number of nitrogens with zero attached hydrogens (tertiary/aromatic N) is 2. The zero-order valence-electron chi connectivity index (χ0n) is 10.4. The van der Waals surface area contributed by atoms with Gasteiger partial charge in [0.25, 0.3) is 0 Å². The lowest BCUT2D eigenvalue weighted by Gasteiger charge is -2.13. The Labute approximate surface area is 123 Å². The Bertz CT molecular complexity index is 700. The molecule has 0 aliphatic rings. The van der Waals surface area contributed by atoms with E-state index in [-0.39, 0.29) is 17.3 Å². The molecule has 0 fully saturated rings. The third-order valence-corrected chi connectivity index (χ3v) is 4.47. The van der Waals surface area contributed by atoms with E-state index < -0.39 is 5.82 Å². The van der Waals surface area contributed by atoms with Gasteiger partial charge in [0.05, 0.1) is 21.7 Å². The lowest BCUT2D eigenvalue weighted by molar-refractivity contribution is 0.620. The van der Waals surface area contributed by atoms with E-state index in [1.807, 2.05) is 0 Å². The molecule has 100 valence electrons. The Kier molecular flexibility index (Phi) is 4.06. The van der Waals surface area contributed by atoms with Crippen molar-refractivity contribution < 1.29 is 4.39 Å². The fourth-order valence-electron chi connectivity index (χ4n) is 1.80. The maximum Gasteiger partial charge on any atom is 0.348 e. The molecule has 0 saturated carbocycles. The molecule has 0 aliphatic heterocycles. The first kappa shape index (κ1) is 14.2. The van der Waals surface area contributed by atoms with E-state index in [1.165, 1.54) is 10.6 Å². The normalized spacial score (nSPS) is 10.8. The summed E-state index contributed by atoms with van der Waals surface area (Å²) < 4.78 is 15.6. The van der Waals surface area contributed by atoms with Crippen LogP contribution >= 0.6 is 27.5 Å². The van der Waals surface area contributed by atoms with Crippen LogP contribution in [-0.4, -0.2) is 9.55 Å². The minimum Gasteiger partial charge on any atom is -0.291 e. The summed E-state index contributed by atoms with van der Waals surface area (Å²) in [6, 6.07) is 4.53. The van der Waals surface area contributed by atoms with E-state index in [1.54, 1.807) is 26.0 Å². The standard InChI is InChI=1S/C13H11BrClFN2O/c1-7-11(14)8(2)18(13(19)17-7)6-9-4-3-5-10(16)12(9)15/h3-5H,6H2,1-2H3. The molecule has 0 saturated heterocycles. The van der Waals surface area contributed by atoms with E-state index >= 15 is 0 Å². The van der Waals surface area contributed by atoms with Gasteiger partial charge < -0.3 is 0 Å². The van der Waals surface area contributed by atoms with Crippen LogP contribution in [0.15, 0.2) is 27.5 Å². The van der Waals surface area contributed by atoms with Gasteiger partial charge in [-0.1, -0.05) is 23.7 Å². The molecule has 0 N–H and O–H groups in total. The fourth-order valence-corrected chi connectivity index (χ4v) is 2.29. The quantitative estimate of drug-likeness (QED) is 0.835. The molecule has 6 heteroatoms. The molecule has 2 rings (SSSR count). The van der Waals surface area contributed by atoms with Crippen LogP contribution in [0.25, 0.3) is 0 Å². The summed E-state index contributed by atoms with van der Waals surface area (Å²) in [6.45, 7) is 3.73. The average molecular weight is 346 g/mol. The van der Waals surface area contributed by atoms with Crippen LogP contribution in [0.3, 0.4) is 0 Å². The first-order chi connectivity index (χ1) is 8.91. The molecular weight excluding hydrogens is 335 g/mol. The molecule has 19 heavy (non-hydrogen) atoms. The highest BCUT2D eigenvalue weighted by molar-refractivity contribution is 9.10. The van der Waals surface area contributed by atoms with Crippen molar-refractivity contribution >= 4 is 27.5 Å². The lowest BCUT2D eigenvalue weighted by atomic mass is 10.2. The van der Waals surface area contributed by atoms with Crippen LogP contribution in [0.4, 0.5) is 4.39 Å². The molecule has 0 radical (unpaired) electrons. The van der Waals surface area contributed by atoms with Gasteiger partial charge >= 0.3 is 5.69 Å². The predicted molar refractivity (Wildman–Crippen MR) is 76.2 cm³/mol. The number of rotatable bonds is 2. The molecule has 0 bridgehead atoms. The number of aryl methyl sites for hydroxylation is 1. The first-order valence-corrected chi connectivity index (χ1v) is 6.75. The Hall–Kier alpha value is -1.20. The monoisotopic (exact) mass is 344 g/mol. The van der Waals surface area contributed by atoms with Gasteiger partial charge in [-0.15, -0.1) is 0 Å². The second-order valence-electron chi connectivity index (χ2n) is 4.18. The Balaban J connectivity index is 2.53. The van der Waals surface area contributed by atoms with E-state index in [9.17, 15) is 9.18 Å². The topological polar surface area (TPSA) is 34.9 Å². The third-order valence-electron chi connectivity index (χ3n) is 2.89. The number of hydrogen-bond donors (Lipinski definition) is 0. The lowest BCUT2D eigenvalue weighted by Crippen LogP contribution is -2.27. The highest BCUT2D eigenvalue weighted by atomic mass is 79.9. The van der Waals surface area contributed by atoms with Crippen molar-refractivity contribution in [3.05, 3.63) is 60.9 Å². The third kappa shape index (κ3) is 2.72. The van der Waals surface area contributed by atoms with Gasteiger partial charge in [0.1, 0.15) is 5.82 Å². The predicted octanol–water partition coefficient (Wildman–Crippen LogP) is 3.46. The summed E-state index contributed by atoms with van der Waals surface area (Å²) in [5.74, 6) is -0.496. The van der Waals surface area contributed by atoms with Gasteiger partial charge in [0, 0.05) is 5.69 Å². The maximum absolute atomic E-state index is 13.4. The molecule has 0 spiro atoms. The van der Waals surface area contributed by atoms with Gasteiger partial charge in [-0.2, -0.15) is 4.98 Å². The SMILES string of the molecule is Cc1nc(=O)n(Cc2cccc(F)c2Cl)c(C)c1Br. The van der Waals surface area contributed by atoms with Crippen molar-refractivity contribution in [2.24, 2.45) is 0 Å². The molecule has 1 heterocycles.